The molecule has 0 bridgehead atoms. The lowest BCUT2D eigenvalue weighted by molar-refractivity contribution is -0.137. The number of carbonyl (C=O) groups excluding carboxylic acids is 2. The average molecular weight is 522 g/mol. The molecule has 0 saturated carbocycles. The van der Waals surface area contributed by atoms with E-state index in [1.54, 1.807) is 26.0 Å². The maximum atomic E-state index is 15.1. The minimum absolute atomic E-state index is 0.0949. The first-order valence-corrected chi connectivity index (χ1v) is 13.2. The molecule has 8 nitrogen and oxygen atoms in total. The van der Waals surface area contributed by atoms with E-state index in [9.17, 15) is 9.59 Å². The molecule has 1 aromatic heterocycles. The zero-order valence-corrected chi connectivity index (χ0v) is 22.5. The largest absolute Gasteiger partial charge is 0.367 e. The van der Waals surface area contributed by atoms with Gasteiger partial charge in [-0.25, -0.2) is 4.39 Å². The van der Waals surface area contributed by atoms with Gasteiger partial charge in [0.1, 0.15) is 17.6 Å². The van der Waals surface area contributed by atoms with E-state index in [-0.39, 0.29) is 24.3 Å². The third kappa shape index (κ3) is 6.05. The molecular weight excluding hydrogens is 485 g/mol. The first kappa shape index (κ1) is 27.3. The molecule has 38 heavy (non-hydrogen) atoms. The highest BCUT2D eigenvalue weighted by Gasteiger charge is 2.33. The monoisotopic (exact) mass is 521 g/mol. The van der Waals surface area contributed by atoms with Crippen LogP contribution in [-0.2, 0) is 16.0 Å². The molecule has 9 heteroatoms. The summed E-state index contributed by atoms with van der Waals surface area (Å²) >= 11 is 0. The topological polar surface area (TPSA) is 81.9 Å². The number of benzene rings is 2. The van der Waals surface area contributed by atoms with Crippen LogP contribution in [0.2, 0.25) is 0 Å². The predicted molar refractivity (Wildman–Crippen MR) is 146 cm³/mol. The van der Waals surface area contributed by atoms with Gasteiger partial charge in [0.15, 0.2) is 0 Å². The third-order valence-corrected chi connectivity index (χ3v) is 7.19. The molecule has 2 aromatic carbocycles. The summed E-state index contributed by atoms with van der Waals surface area (Å²) in [5.41, 5.74) is 3.27. The summed E-state index contributed by atoms with van der Waals surface area (Å²) in [6, 6.07) is 14.3. The van der Waals surface area contributed by atoms with Crippen LogP contribution >= 0.6 is 0 Å². The molecule has 4 rings (SSSR count). The van der Waals surface area contributed by atoms with Crippen LogP contribution < -0.4 is 10.2 Å². The van der Waals surface area contributed by atoms with E-state index < -0.39 is 5.82 Å². The fraction of sp³-hybridized carbons (Fsp3) is 0.414. The molecule has 0 radical (unpaired) electrons. The maximum Gasteiger partial charge on any atom is 0.244 e. The predicted octanol–water partition coefficient (Wildman–Crippen LogP) is 4.34. The van der Waals surface area contributed by atoms with E-state index in [0.717, 1.165) is 11.1 Å². The quantitative estimate of drug-likeness (QED) is 0.451. The van der Waals surface area contributed by atoms with Gasteiger partial charge < -0.3 is 19.6 Å². The number of hydrogen-bond acceptors (Lipinski definition) is 6. The number of anilines is 2. The molecule has 3 aromatic rings. The van der Waals surface area contributed by atoms with Crippen molar-refractivity contribution in [2.45, 2.75) is 40.2 Å². The van der Waals surface area contributed by atoms with E-state index in [0.29, 0.717) is 62.1 Å². The van der Waals surface area contributed by atoms with Gasteiger partial charge in [-0.2, -0.15) is 0 Å². The average Bonchev–Trinajstić information content (AvgIpc) is 3.23. The minimum Gasteiger partial charge on any atom is -0.367 e. The van der Waals surface area contributed by atoms with Crippen LogP contribution in [0.3, 0.4) is 0 Å². The lowest BCUT2D eigenvalue weighted by atomic mass is 10.0. The van der Waals surface area contributed by atoms with Crippen molar-refractivity contribution in [3.05, 3.63) is 76.9 Å². The molecule has 2 amide bonds. The van der Waals surface area contributed by atoms with Crippen molar-refractivity contribution < 1.29 is 18.5 Å². The van der Waals surface area contributed by atoms with Gasteiger partial charge in [-0.3, -0.25) is 14.5 Å². The number of amides is 2. The van der Waals surface area contributed by atoms with Crippen LogP contribution in [0.1, 0.15) is 42.5 Å². The van der Waals surface area contributed by atoms with Crippen LogP contribution in [0, 0.1) is 19.7 Å². The van der Waals surface area contributed by atoms with Gasteiger partial charge in [0.2, 0.25) is 11.8 Å². The van der Waals surface area contributed by atoms with E-state index in [1.807, 2.05) is 54.0 Å². The molecule has 1 aliphatic rings. The maximum absolute atomic E-state index is 15.1. The number of aryl methyl sites for hydroxylation is 2. The molecule has 0 spiro atoms. The Labute approximate surface area is 223 Å². The second-order valence-electron chi connectivity index (χ2n) is 9.54. The standard InChI is InChI=1S/C29H36FN5O3/c1-5-33(6-2)29(37)28(22-10-8-7-9-11-22)35-16-14-34(15-17-35)26-13-12-23(18-25(26)30)31-27(36)19-24-20(3)32-38-21(24)4/h7-13,18,28H,5-6,14-17,19H2,1-4H3,(H,31,36). The second kappa shape index (κ2) is 12.2. The number of aromatic nitrogens is 1. The Kier molecular flexibility index (Phi) is 8.78. The second-order valence-corrected chi connectivity index (χ2v) is 9.54. The van der Waals surface area contributed by atoms with E-state index in [4.69, 9.17) is 4.52 Å². The number of piperazine rings is 1. The number of halogens is 1. The van der Waals surface area contributed by atoms with Crippen molar-refractivity contribution in [2.24, 2.45) is 0 Å². The van der Waals surface area contributed by atoms with Gasteiger partial charge in [0, 0.05) is 50.5 Å². The van der Waals surface area contributed by atoms with E-state index in [2.05, 4.69) is 15.4 Å². The van der Waals surface area contributed by atoms with Gasteiger partial charge in [-0.15, -0.1) is 0 Å². The molecule has 1 atom stereocenters. The summed E-state index contributed by atoms with van der Waals surface area (Å²) in [4.78, 5) is 32.0. The molecular formula is C29H36FN5O3. The Morgan fingerprint density at radius 3 is 2.32 bits per heavy atom. The van der Waals surface area contributed by atoms with Crippen LogP contribution in [-0.4, -0.2) is 66.0 Å². The van der Waals surface area contributed by atoms with Gasteiger partial charge in [0.05, 0.1) is 17.8 Å². The zero-order valence-electron chi connectivity index (χ0n) is 22.5. The Bertz CT molecular complexity index is 1230. The van der Waals surface area contributed by atoms with E-state index in [1.165, 1.54) is 6.07 Å². The molecule has 202 valence electrons. The Morgan fingerprint density at radius 2 is 1.74 bits per heavy atom. The van der Waals surface area contributed by atoms with Crippen molar-refractivity contribution in [2.75, 3.05) is 49.5 Å². The summed E-state index contributed by atoms with van der Waals surface area (Å²) in [5, 5.41) is 6.63. The lowest BCUT2D eigenvalue weighted by Gasteiger charge is -2.41. The molecule has 1 saturated heterocycles. The number of likely N-dealkylation sites (N-methyl/N-ethyl adjacent to an activating group) is 1. The number of nitrogens with one attached hydrogen (secondary N) is 1. The van der Waals surface area contributed by atoms with Crippen molar-refractivity contribution in [1.82, 2.24) is 15.0 Å². The highest BCUT2D eigenvalue weighted by molar-refractivity contribution is 5.92. The number of nitrogens with zero attached hydrogens (tertiary/aromatic N) is 4. The van der Waals surface area contributed by atoms with Crippen LogP contribution in [0.15, 0.2) is 53.1 Å². The molecule has 1 aliphatic heterocycles. The van der Waals surface area contributed by atoms with Crippen molar-refractivity contribution >= 4 is 23.2 Å². The van der Waals surface area contributed by atoms with Crippen LogP contribution in [0.25, 0.3) is 0 Å². The Balaban J connectivity index is 1.41. The Hall–Kier alpha value is -3.72. The lowest BCUT2D eigenvalue weighted by Crippen LogP contribution is -2.51. The van der Waals surface area contributed by atoms with Gasteiger partial charge in [-0.05, 0) is 51.5 Å². The first-order chi connectivity index (χ1) is 18.3. The van der Waals surface area contributed by atoms with Crippen molar-refractivity contribution in [1.29, 1.82) is 0 Å². The Morgan fingerprint density at radius 1 is 1.05 bits per heavy atom. The van der Waals surface area contributed by atoms with Crippen molar-refractivity contribution in [3.63, 3.8) is 0 Å². The van der Waals surface area contributed by atoms with Gasteiger partial charge in [0.25, 0.3) is 0 Å². The molecule has 1 unspecified atom stereocenters. The fourth-order valence-corrected chi connectivity index (χ4v) is 5.04. The molecule has 1 fully saturated rings. The van der Waals surface area contributed by atoms with Crippen molar-refractivity contribution in [3.8, 4) is 0 Å². The van der Waals surface area contributed by atoms with Crippen LogP contribution in [0.5, 0.6) is 0 Å². The zero-order chi connectivity index (χ0) is 27.2. The smallest absolute Gasteiger partial charge is 0.244 e. The summed E-state index contributed by atoms with van der Waals surface area (Å²) < 4.78 is 20.3. The summed E-state index contributed by atoms with van der Waals surface area (Å²) in [6.07, 6.45) is 0.112. The summed E-state index contributed by atoms with van der Waals surface area (Å²) in [6.45, 7) is 11.3. The molecule has 0 aliphatic carbocycles. The first-order valence-electron chi connectivity index (χ1n) is 13.2. The van der Waals surface area contributed by atoms with Crippen LogP contribution in [0.4, 0.5) is 15.8 Å². The van der Waals surface area contributed by atoms with Gasteiger partial charge in [-0.1, -0.05) is 35.5 Å². The SMILES string of the molecule is CCN(CC)C(=O)C(c1ccccc1)N1CCN(c2ccc(NC(=O)Cc3c(C)noc3C)cc2F)CC1. The highest BCUT2D eigenvalue weighted by atomic mass is 19.1. The summed E-state index contributed by atoms with van der Waals surface area (Å²) in [7, 11) is 0. The fourth-order valence-electron chi connectivity index (χ4n) is 5.04. The minimum atomic E-state index is -0.396. The molecule has 2 heterocycles. The van der Waals surface area contributed by atoms with Gasteiger partial charge >= 0.3 is 0 Å². The molecule has 1 N–H and O–H groups in total. The number of hydrogen-bond donors (Lipinski definition) is 1. The number of carbonyl (C=O) groups is 2. The normalized spacial score (nSPS) is 14.8. The number of rotatable bonds is 9. The highest BCUT2D eigenvalue weighted by Crippen LogP contribution is 2.28. The summed E-state index contributed by atoms with van der Waals surface area (Å²) in [5.74, 6) is 0.0431. The third-order valence-electron chi connectivity index (χ3n) is 7.19. The van der Waals surface area contributed by atoms with E-state index >= 15 is 4.39 Å².